The highest BCUT2D eigenvalue weighted by Gasteiger charge is 2.25. The number of rotatable bonds is 3. The lowest BCUT2D eigenvalue weighted by molar-refractivity contribution is -0.143. The molecule has 17 heavy (non-hydrogen) atoms. The van der Waals surface area contributed by atoms with Crippen molar-refractivity contribution in [2.45, 2.75) is 19.4 Å². The minimum absolute atomic E-state index is 0.214. The van der Waals surface area contributed by atoms with E-state index in [0.717, 1.165) is 36.1 Å². The number of piperidine rings is 1. The zero-order valence-electron chi connectivity index (χ0n) is 9.47. The average molecular weight is 299 g/mol. The zero-order chi connectivity index (χ0) is 12.3. The third-order valence-corrected chi connectivity index (χ3v) is 3.49. The molecular weight excluding hydrogens is 284 g/mol. The second-order valence-corrected chi connectivity index (χ2v) is 5.21. The van der Waals surface area contributed by atoms with Gasteiger partial charge in [0.25, 0.3) is 0 Å². The van der Waals surface area contributed by atoms with Gasteiger partial charge in [0.15, 0.2) is 0 Å². The number of aliphatic carboxylic acids is 1. The molecular formula is C12H15BrN2O2. The molecule has 0 amide bonds. The van der Waals surface area contributed by atoms with Crippen molar-refractivity contribution in [3.8, 4) is 0 Å². The summed E-state index contributed by atoms with van der Waals surface area (Å²) in [6, 6.07) is 3.94. The van der Waals surface area contributed by atoms with Crippen LogP contribution in [0.15, 0.2) is 22.9 Å². The van der Waals surface area contributed by atoms with Crippen molar-refractivity contribution in [2.24, 2.45) is 5.92 Å². The Bertz CT molecular complexity index is 411. The van der Waals surface area contributed by atoms with Gasteiger partial charge in [-0.15, -0.1) is 0 Å². The molecule has 4 nitrogen and oxygen atoms in total. The lowest BCUT2D eigenvalue weighted by Crippen LogP contribution is -2.38. The van der Waals surface area contributed by atoms with Gasteiger partial charge in [-0.05, 0) is 53.0 Å². The van der Waals surface area contributed by atoms with Gasteiger partial charge in [-0.3, -0.25) is 9.69 Å². The molecule has 0 saturated carbocycles. The van der Waals surface area contributed by atoms with Crippen molar-refractivity contribution >= 4 is 21.9 Å². The number of halogens is 1. The van der Waals surface area contributed by atoms with Crippen LogP contribution in [0, 0.1) is 5.92 Å². The topological polar surface area (TPSA) is 53.4 Å². The van der Waals surface area contributed by atoms with Crippen molar-refractivity contribution in [1.29, 1.82) is 0 Å². The van der Waals surface area contributed by atoms with E-state index in [0.29, 0.717) is 6.54 Å². The highest BCUT2D eigenvalue weighted by molar-refractivity contribution is 9.10. The second-order valence-electron chi connectivity index (χ2n) is 4.40. The molecule has 1 aliphatic heterocycles. The maximum Gasteiger partial charge on any atom is 0.307 e. The van der Waals surface area contributed by atoms with E-state index >= 15 is 0 Å². The Kier molecular flexibility index (Phi) is 4.12. The Morgan fingerprint density at radius 3 is 3.18 bits per heavy atom. The first-order valence-corrected chi connectivity index (χ1v) is 6.50. The van der Waals surface area contributed by atoms with Crippen molar-refractivity contribution in [2.75, 3.05) is 13.1 Å². The molecule has 1 N–H and O–H groups in total. The molecule has 1 aromatic rings. The van der Waals surface area contributed by atoms with Gasteiger partial charge in [0.2, 0.25) is 0 Å². The van der Waals surface area contributed by atoms with Gasteiger partial charge in [-0.1, -0.05) is 0 Å². The molecule has 5 heteroatoms. The fourth-order valence-corrected chi connectivity index (χ4v) is 2.61. The van der Waals surface area contributed by atoms with Crippen LogP contribution >= 0.6 is 15.9 Å². The molecule has 0 aliphatic carbocycles. The van der Waals surface area contributed by atoms with Gasteiger partial charge in [-0.2, -0.15) is 0 Å². The lowest BCUT2D eigenvalue weighted by atomic mass is 9.98. The van der Waals surface area contributed by atoms with E-state index in [2.05, 4.69) is 25.8 Å². The molecule has 92 valence electrons. The minimum atomic E-state index is -0.675. The van der Waals surface area contributed by atoms with Crippen molar-refractivity contribution < 1.29 is 9.90 Å². The molecule has 0 radical (unpaired) electrons. The lowest BCUT2D eigenvalue weighted by Gasteiger charge is -2.30. The molecule has 1 aromatic heterocycles. The zero-order valence-corrected chi connectivity index (χ0v) is 11.1. The summed E-state index contributed by atoms with van der Waals surface area (Å²) in [5.74, 6) is -0.889. The Morgan fingerprint density at radius 1 is 1.65 bits per heavy atom. The molecule has 1 fully saturated rings. The maximum absolute atomic E-state index is 11.0. The first-order valence-electron chi connectivity index (χ1n) is 5.71. The Hall–Kier alpha value is -0.940. The number of pyridine rings is 1. The van der Waals surface area contributed by atoms with Crippen molar-refractivity contribution in [3.63, 3.8) is 0 Å². The van der Waals surface area contributed by atoms with Crippen LogP contribution in [-0.2, 0) is 11.3 Å². The number of nitrogens with zero attached hydrogens (tertiary/aromatic N) is 2. The minimum Gasteiger partial charge on any atom is -0.481 e. The molecule has 1 saturated heterocycles. The number of carboxylic acids is 1. The van der Waals surface area contributed by atoms with Crippen LogP contribution in [0.25, 0.3) is 0 Å². The first-order chi connectivity index (χ1) is 8.15. The van der Waals surface area contributed by atoms with Crippen LogP contribution in [-0.4, -0.2) is 34.0 Å². The molecule has 2 heterocycles. The van der Waals surface area contributed by atoms with Crippen LogP contribution in [0.3, 0.4) is 0 Å². The fraction of sp³-hybridized carbons (Fsp3) is 0.500. The van der Waals surface area contributed by atoms with E-state index < -0.39 is 5.97 Å². The maximum atomic E-state index is 11.0. The van der Waals surface area contributed by atoms with Gasteiger partial charge in [0.1, 0.15) is 4.60 Å². The summed E-state index contributed by atoms with van der Waals surface area (Å²) in [6.07, 6.45) is 3.52. The summed E-state index contributed by atoms with van der Waals surface area (Å²) >= 11 is 3.34. The van der Waals surface area contributed by atoms with Gasteiger partial charge in [0.05, 0.1) is 5.92 Å². The summed E-state index contributed by atoms with van der Waals surface area (Å²) in [5, 5.41) is 9.02. The van der Waals surface area contributed by atoms with Crippen molar-refractivity contribution in [1.82, 2.24) is 9.88 Å². The van der Waals surface area contributed by atoms with Crippen LogP contribution in [0.4, 0.5) is 0 Å². The van der Waals surface area contributed by atoms with E-state index in [9.17, 15) is 4.79 Å². The standard InChI is InChI=1S/C12H15BrN2O2/c13-11-6-9(3-4-14-11)7-15-5-1-2-10(8-15)12(16)17/h3-4,6,10H,1-2,5,7-8H2,(H,16,17)/t10-/m1/s1. The van der Waals surface area contributed by atoms with Crippen LogP contribution < -0.4 is 0 Å². The molecule has 0 unspecified atom stereocenters. The third-order valence-electron chi connectivity index (χ3n) is 3.05. The van der Waals surface area contributed by atoms with E-state index in [4.69, 9.17) is 5.11 Å². The summed E-state index contributed by atoms with van der Waals surface area (Å²) in [6.45, 7) is 2.42. The quantitative estimate of drug-likeness (QED) is 0.869. The van der Waals surface area contributed by atoms with Gasteiger partial charge >= 0.3 is 5.97 Å². The van der Waals surface area contributed by atoms with Crippen molar-refractivity contribution in [3.05, 3.63) is 28.5 Å². The number of hydrogen-bond acceptors (Lipinski definition) is 3. The molecule has 0 bridgehead atoms. The molecule has 0 aromatic carbocycles. The molecule has 0 spiro atoms. The largest absolute Gasteiger partial charge is 0.481 e. The molecule has 1 aliphatic rings. The normalized spacial score (nSPS) is 21.4. The highest BCUT2D eigenvalue weighted by Crippen LogP contribution is 2.19. The number of hydrogen-bond donors (Lipinski definition) is 1. The Morgan fingerprint density at radius 2 is 2.47 bits per heavy atom. The SMILES string of the molecule is O=C(O)[C@@H]1CCCN(Cc2ccnc(Br)c2)C1. The number of aromatic nitrogens is 1. The van der Waals surface area contributed by atoms with Gasteiger partial charge in [-0.25, -0.2) is 4.98 Å². The summed E-state index contributed by atoms with van der Waals surface area (Å²) < 4.78 is 0.821. The van der Waals surface area contributed by atoms with E-state index in [1.165, 1.54) is 0 Å². The average Bonchev–Trinajstić information content (AvgIpc) is 2.29. The third kappa shape index (κ3) is 3.51. The van der Waals surface area contributed by atoms with Crippen LogP contribution in [0.1, 0.15) is 18.4 Å². The van der Waals surface area contributed by atoms with Crippen LogP contribution in [0.5, 0.6) is 0 Å². The summed E-state index contributed by atoms with van der Waals surface area (Å²) in [4.78, 5) is 17.2. The predicted octanol–water partition coefficient (Wildman–Crippen LogP) is 2.14. The molecule has 1 atom stereocenters. The van der Waals surface area contributed by atoms with Gasteiger partial charge in [0, 0.05) is 19.3 Å². The second kappa shape index (κ2) is 5.60. The molecule has 2 rings (SSSR count). The monoisotopic (exact) mass is 298 g/mol. The number of carbonyl (C=O) groups is 1. The highest BCUT2D eigenvalue weighted by atomic mass is 79.9. The van der Waals surface area contributed by atoms with E-state index in [-0.39, 0.29) is 5.92 Å². The van der Waals surface area contributed by atoms with Gasteiger partial charge < -0.3 is 5.11 Å². The Balaban J connectivity index is 1.97. The number of carboxylic acid groups (broad SMARTS) is 1. The number of likely N-dealkylation sites (tertiary alicyclic amines) is 1. The Labute approximate surface area is 109 Å². The van der Waals surface area contributed by atoms with Crippen LogP contribution in [0.2, 0.25) is 0 Å². The smallest absolute Gasteiger partial charge is 0.307 e. The summed E-state index contributed by atoms with van der Waals surface area (Å²) in [5.41, 5.74) is 1.16. The summed E-state index contributed by atoms with van der Waals surface area (Å²) in [7, 11) is 0. The fourth-order valence-electron chi connectivity index (χ4n) is 2.20. The first kappa shape index (κ1) is 12.5. The van der Waals surface area contributed by atoms with E-state index in [1.807, 2.05) is 12.1 Å². The van der Waals surface area contributed by atoms with E-state index in [1.54, 1.807) is 6.20 Å². The predicted molar refractivity (Wildman–Crippen MR) is 67.6 cm³/mol.